The van der Waals surface area contributed by atoms with Gasteiger partial charge in [0.25, 0.3) is 5.91 Å². The average molecular weight is 324 g/mol. The number of ether oxygens (including phenoxy) is 1. The first kappa shape index (κ1) is 16.1. The van der Waals surface area contributed by atoms with Crippen molar-refractivity contribution in [3.8, 4) is 0 Å². The number of aliphatic carboxylic acids is 1. The molecule has 0 saturated carbocycles. The van der Waals surface area contributed by atoms with E-state index in [1.54, 1.807) is 16.0 Å². The maximum Gasteiger partial charge on any atom is 0.323 e. The summed E-state index contributed by atoms with van der Waals surface area (Å²) in [5, 5.41) is 18.6. The summed E-state index contributed by atoms with van der Waals surface area (Å²) in [5.41, 5.74) is 0.119. The molecule has 2 heterocycles. The summed E-state index contributed by atoms with van der Waals surface area (Å²) in [4.78, 5) is 25.4. The van der Waals surface area contributed by atoms with Gasteiger partial charge in [0.15, 0.2) is 5.69 Å². The highest BCUT2D eigenvalue weighted by Gasteiger charge is 2.21. The minimum absolute atomic E-state index is 0.119. The Balaban J connectivity index is 2.06. The molecule has 1 N–H and O–H groups in total. The number of carbonyl (C=O) groups is 2. The van der Waals surface area contributed by atoms with E-state index in [1.165, 1.54) is 18.2 Å². The van der Waals surface area contributed by atoms with E-state index < -0.39 is 18.4 Å². The number of thiophene rings is 1. The second-order valence-electron chi connectivity index (χ2n) is 4.49. The third-order valence-corrected chi connectivity index (χ3v) is 3.70. The van der Waals surface area contributed by atoms with Gasteiger partial charge in [-0.3, -0.25) is 9.59 Å². The molecule has 22 heavy (non-hydrogen) atoms. The molecule has 0 atom stereocenters. The second-order valence-corrected chi connectivity index (χ2v) is 5.53. The molecular weight excluding hydrogens is 308 g/mol. The van der Waals surface area contributed by atoms with Gasteiger partial charge >= 0.3 is 5.97 Å². The minimum Gasteiger partial charge on any atom is -0.480 e. The zero-order chi connectivity index (χ0) is 15.9. The summed E-state index contributed by atoms with van der Waals surface area (Å²) in [5.74, 6) is -1.56. The maximum atomic E-state index is 12.3. The molecular formula is C13H16N4O4S. The third-order valence-electron chi connectivity index (χ3n) is 2.83. The van der Waals surface area contributed by atoms with Crippen molar-refractivity contribution < 1.29 is 19.4 Å². The Bertz CT molecular complexity index is 626. The van der Waals surface area contributed by atoms with E-state index in [0.717, 1.165) is 4.88 Å². The standard InChI is InChI=1S/C13H16N4O4S/c1-21-5-4-16(9-12(18)19)13(20)11-8-17(15-14-11)7-10-3-2-6-22-10/h2-3,6,8H,4-5,7,9H2,1H3,(H,18,19). The molecule has 9 heteroatoms. The fraction of sp³-hybridized carbons (Fsp3) is 0.385. The Morgan fingerprint density at radius 2 is 2.32 bits per heavy atom. The number of carbonyl (C=O) groups excluding carboxylic acids is 1. The summed E-state index contributed by atoms with van der Waals surface area (Å²) < 4.78 is 6.44. The molecule has 1 amide bonds. The van der Waals surface area contributed by atoms with Crippen molar-refractivity contribution in [2.75, 3.05) is 26.8 Å². The van der Waals surface area contributed by atoms with Crippen molar-refractivity contribution in [3.05, 3.63) is 34.3 Å². The topological polar surface area (TPSA) is 97.6 Å². The number of amides is 1. The Hall–Kier alpha value is -2.26. The molecule has 0 bridgehead atoms. The Labute approximate surface area is 130 Å². The molecule has 2 rings (SSSR count). The molecule has 0 radical (unpaired) electrons. The summed E-state index contributed by atoms with van der Waals surface area (Å²) in [6, 6.07) is 3.89. The van der Waals surface area contributed by atoms with Crippen LogP contribution in [0.3, 0.4) is 0 Å². The minimum atomic E-state index is -1.09. The van der Waals surface area contributed by atoms with Gasteiger partial charge in [0.2, 0.25) is 0 Å². The summed E-state index contributed by atoms with van der Waals surface area (Å²) in [6.07, 6.45) is 1.52. The molecule has 0 aliphatic rings. The van der Waals surface area contributed by atoms with Gasteiger partial charge in [-0.25, -0.2) is 4.68 Å². The zero-order valence-corrected chi connectivity index (χ0v) is 12.8. The lowest BCUT2D eigenvalue weighted by Gasteiger charge is -2.18. The van der Waals surface area contributed by atoms with E-state index in [9.17, 15) is 9.59 Å². The van der Waals surface area contributed by atoms with Crippen molar-refractivity contribution in [1.29, 1.82) is 0 Å². The number of carboxylic acids is 1. The predicted molar refractivity (Wildman–Crippen MR) is 78.9 cm³/mol. The third kappa shape index (κ3) is 4.37. The van der Waals surface area contributed by atoms with Crippen LogP contribution in [0.15, 0.2) is 23.7 Å². The Morgan fingerprint density at radius 3 is 2.95 bits per heavy atom. The highest BCUT2D eigenvalue weighted by atomic mass is 32.1. The lowest BCUT2D eigenvalue weighted by atomic mass is 10.3. The van der Waals surface area contributed by atoms with Crippen LogP contribution in [0.2, 0.25) is 0 Å². The average Bonchev–Trinajstić information content (AvgIpc) is 3.14. The first-order valence-corrected chi connectivity index (χ1v) is 7.40. The molecule has 0 aliphatic heterocycles. The van der Waals surface area contributed by atoms with Gasteiger partial charge < -0.3 is 14.7 Å². The van der Waals surface area contributed by atoms with Gasteiger partial charge in [-0.15, -0.1) is 16.4 Å². The van der Waals surface area contributed by atoms with E-state index in [1.807, 2.05) is 17.5 Å². The van der Waals surface area contributed by atoms with Gasteiger partial charge in [-0.1, -0.05) is 11.3 Å². The highest BCUT2D eigenvalue weighted by molar-refractivity contribution is 7.09. The highest BCUT2D eigenvalue weighted by Crippen LogP contribution is 2.10. The van der Waals surface area contributed by atoms with Crippen molar-refractivity contribution in [3.63, 3.8) is 0 Å². The Morgan fingerprint density at radius 1 is 1.50 bits per heavy atom. The molecule has 2 aromatic heterocycles. The normalized spacial score (nSPS) is 10.6. The lowest BCUT2D eigenvalue weighted by molar-refractivity contribution is -0.137. The molecule has 0 spiro atoms. The van der Waals surface area contributed by atoms with Crippen molar-refractivity contribution in [2.24, 2.45) is 0 Å². The van der Waals surface area contributed by atoms with Crippen LogP contribution in [0.25, 0.3) is 0 Å². The van der Waals surface area contributed by atoms with Gasteiger partial charge in [0.1, 0.15) is 6.54 Å². The van der Waals surface area contributed by atoms with Crippen LogP contribution in [0.4, 0.5) is 0 Å². The number of hydrogen-bond acceptors (Lipinski definition) is 6. The molecule has 0 fully saturated rings. The van der Waals surface area contributed by atoms with E-state index in [-0.39, 0.29) is 18.8 Å². The number of nitrogens with zero attached hydrogens (tertiary/aromatic N) is 4. The molecule has 2 aromatic rings. The maximum absolute atomic E-state index is 12.3. The van der Waals surface area contributed by atoms with Crippen molar-refractivity contribution in [1.82, 2.24) is 19.9 Å². The first-order valence-electron chi connectivity index (χ1n) is 6.52. The van der Waals surface area contributed by atoms with Gasteiger partial charge in [-0.2, -0.15) is 0 Å². The number of hydrogen-bond donors (Lipinski definition) is 1. The van der Waals surface area contributed by atoms with Crippen LogP contribution in [0.5, 0.6) is 0 Å². The summed E-state index contributed by atoms with van der Waals surface area (Å²) in [6.45, 7) is 0.552. The largest absolute Gasteiger partial charge is 0.480 e. The Kier molecular flexibility index (Phi) is 5.61. The van der Waals surface area contributed by atoms with E-state index in [4.69, 9.17) is 9.84 Å². The molecule has 0 saturated heterocycles. The van der Waals surface area contributed by atoms with Gasteiger partial charge in [0, 0.05) is 18.5 Å². The number of methoxy groups -OCH3 is 1. The second kappa shape index (κ2) is 7.66. The quantitative estimate of drug-likeness (QED) is 0.762. The van der Waals surface area contributed by atoms with Crippen LogP contribution in [-0.2, 0) is 16.1 Å². The summed E-state index contributed by atoms with van der Waals surface area (Å²) in [7, 11) is 1.49. The summed E-state index contributed by atoms with van der Waals surface area (Å²) >= 11 is 1.58. The molecule has 0 unspecified atom stereocenters. The van der Waals surface area contributed by atoms with Gasteiger partial charge in [-0.05, 0) is 11.4 Å². The van der Waals surface area contributed by atoms with E-state index in [0.29, 0.717) is 6.54 Å². The SMILES string of the molecule is COCCN(CC(=O)O)C(=O)c1cn(Cc2cccs2)nn1. The molecule has 0 aliphatic carbocycles. The van der Waals surface area contributed by atoms with Crippen LogP contribution in [0.1, 0.15) is 15.4 Å². The molecule has 118 valence electrons. The fourth-order valence-electron chi connectivity index (χ4n) is 1.82. The first-order chi connectivity index (χ1) is 10.6. The fourth-order valence-corrected chi connectivity index (χ4v) is 2.51. The number of aromatic nitrogens is 3. The van der Waals surface area contributed by atoms with Crippen molar-refractivity contribution in [2.45, 2.75) is 6.54 Å². The molecule has 8 nitrogen and oxygen atoms in total. The molecule has 0 aromatic carbocycles. The van der Waals surface area contributed by atoms with Crippen LogP contribution < -0.4 is 0 Å². The van der Waals surface area contributed by atoms with Gasteiger partial charge in [0.05, 0.1) is 19.3 Å². The van der Waals surface area contributed by atoms with E-state index in [2.05, 4.69) is 10.3 Å². The lowest BCUT2D eigenvalue weighted by Crippen LogP contribution is -2.38. The number of carboxylic acid groups (broad SMARTS) is 1. The number of rotatable bonds is 8. The smallest absolute Gasteiger partial charge is 0.323 e. The van der Waals surface area contributed by atoms with E-state index >= 15 is 0 Å². The van der Waals surface area contributed by atoms with Crippen LogP contribution in [-0.4, -0.2) is 63.7 Å². The zero-order valence-electron chi connectivity index (χ0n) is 12.0. The predicted octanol–water partition coefficient (Wildman–Crippen LogP) is 0.561. The van der Waals surface area contributed by atoms with Crippen LogP contribution >= 0.6 is 11.3 Å². The van der Waals surface area contributed by atoms with Crippen LogP contribution in [0, 0.1) is 0 Å². The monoisotopic (exact) mass is 324 g/mol. The van der Waals surface area contributed by atoms with Crippen molar-refractivity contribution >= 4 is 23.2 Å².